The van der Waals surface area contributed by atoms with Gasteiger partial charge in [0, 0.05) is 24.8 Å². The smallest absolute Gasteiger partial charge is 0.132 e. The van der Waals surface area contributed by atoms with E-state index in [1.54, 1.807) is 12.3 Å². The number of rotatable bonds is 7. The molecule has 0 radical (unpaired) electrons. The van der Waals surface area contributed by atoms with Crippen LogP contribution < -0.4 is 5.32 Å². The number of halogens is 1. The van der Waals surface area contributed by atoms with E-state index in [9.17, 15) is 4.39 Å². The van der Waals surface area contributed by atoms with Crippen LogP contribution in [0.4, 0.5) is 4.39 Å². The molecule has 0 bridgehead atoms. The molecule has 2 aromatic rings. The zero-order valence-corrected chi connectivity index (χ0v) is 12.2. The van der Waals surface area contributed by atoms with Crippen LogP contribution in [0.3, 0.4) is 0 Å². The van der Waals surface area contributed by atoms with Crippen molar-refractivity contribution in [3.8, 4) is 11.3 Å². The number of aryl methyl sites for hydroxylation is 1. The number of benzene rings is 1. The van der Waals surface area contributed by atoms with Crippen LogP contribution in [0.25, 0.3) is 11.3 Å². The lowest BCUT2D eigenvalue weighted by atomic mass is 10.1. The van der Waals surface area contributed by atoms with Gasteiger partial charge in [-0.15, -0.1) is 0 Å². The Morgan fingerprint density at radius 2 is 2.05 bits per heavy atom. The Morgan fingerprint density at radius 1 is 1.20 bits per heavy atom. The molecule has 0 saturated carbocycles. The van der Waals surface area contributed by atoms with Crippen molar-refractivity contribution < 1.29 is 4.39 Å². The average Bonchev–Trinajstić information content (AvgIpc) is 2.89. The predicted octanol–water partition coefficient (Wildman–Crippen LogP) is 3.60. The summed E-state index contributed by atoms with van der Waals surface area (Å²) in [6, 6.07) is 7.17. The molecule has 108 valence electrons. The standard InChI is InChI=1S/C16H22FN3/c1-3-8-18-12-13-5-6-15(17)14(11-13)16-7-9-19-20(16)10-4-2/h5-7,9,11,18H,3-4,8,10,12H2,1-2H3. The molecule has 20 heavy (non-hydrogen) atoms. The summed E-state index contributed by atoms with van der Waals surface area (Å²) < 4.78 is 15.9. The van der Waals surface area contributed by atoms with Crippen LogP contribution in [0.2, 0.25) is 0 Å². The van der Waals surface area contributed by atoms with E-state index in [0.717, 1.165) is 43.7 Å². The molecule has 0 fully saturated rings. The Balaban J connectivity index is 2.25. The Bertz CT molecular complexity index is 548. The quantitative estimate of drug-likeness (QED) is 0.782. The molecule has 0 saturated heterocycles. The number of hydrogen-bond acceptors (Lipinski definition) is 2. The van der Waals surface area contributed by atoms with Gasteiger partial charge in [0.05, 0.1) is 5.69 Å². The lowest BCUT2D eigenvalue weighted by Crippen LogP contribution is -2.14. The van der Waals surface area contributed by atoms with Gasteiger partial charge >= 0.3 is 0 Å². The largest absolute Gasteiger partial charge is 0.313 e. The SMILES string of the molecule is CCCNCc1ccc(F)c(-c2ccnn2CCC)c1. The second-order valence-electron chi connectivity index (χ2n) is 4.93. The number of nitrogens with one attached hydrogen (secondary N) is 1. The number of hydrogen-bond donors (Lipinski definition) is 1. The molecule has 4 heteroatoms. The van der Waals surface area contributed by atoms with E-state index in [0.29, 0.717) is 5.56 Å². The van der Waals surface area contributed by atoms with E-state index in [4.69, 9.17) is 0 Å². The molecule has 1 heterocycles. The second-order valence-corrected chi connectivity index (χ2v) is 4.93. The predicted molar refractivity (Wildman–Crippen MR) is 79.9 cm³/mol. The van der Waals surface area contributed by atoms with Crippen molar-refractivity contribution in [2.75, 3.05) is 6.54 Å². The lowest BCUT2D eigenvalue weighted by molar-refractivity contribution is 0.597. The van der Waals surface area contributed by atoms with Gasteiger partial charge in [-0.05, 0) is 43.1 Å². The summed E-state index contributed by atoms with van der Waals surface area (Å²) in [6.45, 7) is 6.77. The van der Waals surface area contributed by atoms with Crippen LogP contribution in [-0.4, -0.2) is 16.3 Å². The van der Waals surface area contributed by atoms with Crippen molar-refractivity contribution >= 4 is 0 Å². The fourth-order valence-corrected chi connectivity index (χ4v) is 2.24. The van der Waals surface area contributed by atoms with Crippen molar-refractivity contribution in [2.45, 2.75) is 39.8 Å². The van der Waals surface area contributed by atoms with E-state index < -0.39 is 0 Å². The molecule has 2 rings (SSSR count). The van der Waals surface area contributed by atoms with Gasteiger partial charge in [-0.3, -0.25) is 4.68 Å². The van der Waals surface area contributed by atoms with Crippen LogP contribution >= 0.6 is 0 Å². The minimum absolute atomic E-state index is 0.193. The summed E-state index contributed by atoms with van der Waals surface area (Å²) >= 11 is 0. The molecule has 0 aliphatic carbocycles. The maximum absolute atomic E-state index is 14.1. The average molecular weight is 275 g/mol. The highest BCUT2D eigenvalue weighted by atomic mass is 19.1. The van der Waals surface area contributed by atoms with E-state index in [2.05, 4.69) is 24.3 Å². The second kappa shape index (κ2) is 7.20. The first-order chi connectivity index (χ1) is 9.76. The van der Waals surface area contributed by atoms with Gasteiger partial charge in [-0.25, -0.2) is 4.39 Å². The summed E-state index contributed by atoms with van der Waals surface area (Å²) in [7, 11) is 0. The fourth-order valence-electron chi connectivity index (χ4n) is 2.24. The van der Waals surface area contributed by atoms with E-state index in [-0.39, 0.29) is 5.82 Å². The molecule has 0 unspecified atom stereocenters. The fraction of sp³-hybridized carbons (Fsp3) is 0.438. The molecule has 1 aromatic carbocycles. The zero-order chi connectivity index (χ0) is 14.4. The third kappa shape index (κ3) is 3.45. The van der Waals surface area contributed by atoms with Gasteiger partial charge in [0.1, 0.15) is 5.82 Å². The van der Waals surface area contributed by atoms with Gasteiger partial charge in [0.25, 0.3) is 0 Å². The highest BCUT2D eigenvalue weighted by molar-refractivity contribution is 5.61. The van der Waals surface area contributed by atoms with Crippen molar-refractivity contribution in [1.29, 1.82) is 0 Å². The Hall–Kier alpha value is -1.68. The minimum atomic E-state index is -0.193. The normalized spacial score (nSPS) is 10.9. The van der Waals surface area contributed by atoms with Crippen LogP contribution in [0.1, 0.15) is 32.3 Å². The minimum Gasteiger partial charge on any atom is -0.313 e. The van der Waals surface area contributed by atoms with Gasteiger partial charge < -0.3 is 5.32 Å². The molecule has 3 nitrogen and oxygen atoms in total. The first-order valence-corrected chi connectivity index (χ1v) is 7.27. The first-order valence-electron chi connectivity index (χ1n) is 7.27. The Labute approximate surface area is 119 Å². The maximum Gasteiger partial charge on any atom is 0.132 e. The molecular weight excluding hydrogens is 253 g/mol. The monoisotopic (exact) mass is 275 g/mol. The van der Waals surface area contributed by atoms with Crippen LogP contribution in [0.15, 0.2) is 30.5 Å². The molecule has 0 atom stereocenters. The van der Waals surface area contributed by atoms with Crippen LogP contribution in [0.5, 0.6) is 0 Å². The summed E-state index contributed by atoms with van der Waals surface area (Å²) in [5.74, 6) is -0.193. The van der Waals surface area contributed by atoms with Gasteiger partial charge in [-0.2, -0.15) is 5.10 Å². The van der Waals surface area contributed by atoms with Gasteiger partial charge in [0.2, 0.25) is 0 Å². The van der Waals surface area contributed by atoms with Crippen molar-refractivity contribution in [3.63, 3.8) is 0 Å². The number of aromatic nitrogens is 2. The topological polar surface area (TPSA) is 29.9 Å². The van der Waals surface area contributed by atoms with Gasteiger partial charge in [-0.1, -0.05) is 19.9 Å². The van der Waals surface area contributed by atoms with Crippen molar-refractivity contribution in [3.05, 3.63) is 41.8 Å². The molecule has 1 N–H and O–H groups in total. The van der Waals surface area contributed by atoms with Crippen LogP contribution in [-0.2, 0) is 13.1 Å². The number of nitrogens with zero attached hydrogens (tertiary/aromatic N) is 2. The zero-order valence-electron chi connectivity index (χ0n) is 12.2. The summed E-state index contributed by atoms with van der Waals surface area (Å²) in [5.41, 5.74) is 2.58. The Kier molecular flexibility index (Phi) is 5.30. The molecule has 0 aliphatic heterocycles. The van der Waals surface area contributed by atoms with E-state index >= 15 is 0 Å². The summed E-state index contributed by atoms with van der Waals surface area (Å²) in [5, 5.41) is 7.60. The molecule has 1 aromatic heterocycles. The molecule has 0 amide bonds. The third-order valence-electron chi connectivity index (χ3n) is 3.21. The van der Waals surface area contributed by atoms with Crippen molar-refractivity contribution in [1.82, 2.24) is 15.1 Å². The van der Waals surface area contributed by atoms with Crippen molar-refractivity contribution in [2.24, 2.45) is 0 Å². The highest BCUT2D eigenvalue weighted by Crippen LogP contribution is 2.24. The first kappa shape index (κ1) is 14.7. The molecule has 0 spiro atoms. The molecule has 0 aliphatic rings. The highest BCUT2D eigenvalue weighted by Gasteiger charge is 2.11. The lowest BCUT2D eigenvalue weighted by Gasteiger charge is -2.10. The summed E-state index contributed by atoms with van der Waals surface area (Å²) in [4.78, 5) is 0. The summed E-state index contributed by atoms with van der Waals surface area (Å²) in [6.07, 6.45) is 3.80. The Morgan fingerprint density at radius 3 is 2.80 bits per heavy atom. The maximum atomic E-state index is 14.1. The van der Waals surface area contributed by atoms with E-state index in [1.807, 2.05) is 22.9 Å². The van der Waals surface area contributed by atoms with Gasteiger partial charge in [0.15, 0.2) is 0 Å². The third-order valence-corrected chi connectivity index (χ3v) is 3.21. The van der Waals surface area contributed by atoms with E-state index in [1.165, 1.54) is 0 Å². The molecular formula is C16H22FN3. The van der Waals surface area contributed by atoms with Crippen LogP contribution in [0, 0.1) is 5.82 Å².